The van der Waals surface area contributed by atoms with E-state index in [-0.39, 0.29) is 18.9 Å². The number of carbonyl (C=O) groups excluding carboxylic acids is 2. The van der Waals surface area contributed by atoms with Gasteiger partial charge < -0.3 is 20.8 Å². The van der Waals surface area contributed by atoms with Gasteiger partial charge in [-0.25, -0.2) is 0 Å². The molecule has 7 heteroatoms. The summed E-state index contributed by atoms with van der Waals surface area (Å²) in [7, 11) is 1.50. The molecule has 1 aromatic carbocycles. The number of amides is 2. The molecule has 0 aliphatic rings. The zero-order chi connectivity index (χ0) is 19.4. The van der Waals surface area contributed by atoms with Crippen LogP contribution >= 0.6 is 0 Å². The van der Waals surface area contributed by atoms with Crippen LogP contribution in [0.5, 0.6) is 0 Å². The fraction of sp³-hybridized carbons (Fsp3) is 0.526. The summed E-state index contributed by atoms with van der Waals surface area (Å²) in [6.07, 6.45) is 2.45. The van der Waals surface area contributed by atoms with Crippen LogP contribution in [0, 0.1) is 5.92 Å². The number of carbonyl (C=O) groups is 3. The molecule has 26 heavy (non-hydrogen) atoms. The second-order valence-electron chi connectivity index (χ2n) is 6.23. The Morgan fingerprint density at radius 1 is 1.04 bits per heavy atom. The standard InChI is InChI=1S/C19H28N2O5/c1-20-19(26)16(12-14-8-4-2-5-9-14)21-18(25)15(13-17(23)24)10-6-3-7-11-22/h2,4-5,8-9,15-16,22H,3,6-7,10-13H2,1H3,(H,20,26)(H,21,25)(H,23,24)/t15-,16+/m1/s1. The van der Waals surface area contributed by atoms with Crippen molar-refractivity contribution in [2.75, 3.05) is 13.7 Å². The first-order chi connectivity index (χ1) is 12.5. The molecule has 0 saturated heterocycles. The molecule has 0 fully saturated rings. The molecule has 0 aromatic heterocycles. The summed E-state index contributed by atoms with van der Waals surface area (Å²) in [5.41, 5.74) is 0.902. The molecule has 1 rings (SSSR count). The third kappa shape index (κ3) is 8.11. The quantitative estimate of drug-likeness (QED) is 0.415. The molecule has 0 aliphatic carbocycles. The Hall–Kier alpha value is -2.41. The number of carboxylic acid groups (broad SMARTS) is 1. The first-order valence-corrected chi connectivity index (χ1v) is 8.86. The van der Waals surface area contributed by atoms with Crippen molar-refractivity contribution in [3.05, 3.63) is 35.9 Å². The average molecular weight is 364 g/mol. The first kappa shape index (κ1) is 21.6. The zero-order valence-electron chi connectivity index (χ0n) is 15.1. The van der Waals surface area contributed by atoms with E-state index in [4.69, 9.17) is 10.2 Å². The number of unbranched alkanes of at least 4 members (excludes halogenated alkanes) is 2. The number of aliphatic hydroxyl groups is 1. The number of benzene rings is 1. The second-order valence-corrected chi connectivity index (χ2v) is 6.23. The smallest absolute Gasteiger partial charge is 0.304 e. The van der Waals surface area contributed by atoms with Gasteiger partial charge in [-0.05, 0) is 18.4 Å². The van der Waals surface area contributed by atoms with E-state index in [2.05, 4.69) is 10.6 Å². The highest BCUT2D eigenvalue weighted by Crippen LogP contribution is 2.15. The van der Waals surface area contributed by atoms with Crippen LogP contribution in [0.2, 0.25) is 0 Å². The van der Waals surface area contributed by atoms with Crippen LogP contribution in [-0.4, -0.2) is 47.7 Å². The topological polar surface area (TPSA) is 116 Å². The van der Waals surface area contributed by atoms with Gasteiger partial charge in [0.05, 0.1) is 6.42 Å². The third-order valence-electron chi connectivity index (χ3n) is 4.16. The van der Waals surface area contributed by atoms with Crippen LogP contribution in [0.25, 0.3) is 0 Å². The lowest BCUT2D eigenvalue weighted by Gasteiger charge is -2.21. The summed E-state index contributed by atoms with van der Waals surface area (Å²) >= 11 is 0. The summed E-state index contributed by atoms with van der Waals surface area (Å²) in [6.45, 7) is 0.0750. The van der Waals surface area contributed by atoms with E-state index in [1.165, 1.54) is 7.05 Å². The Morgan fingerprint density at radius 3 is 2.31 bits per heavy atom. The molecule has 0 saturated carbocycles. The van der Waals surface area contributed by atoms with E-state index in [0.29, 0.717) is 25.7 Å². The number of carboxylic acids is 1. The molecule has 7 nitrogen and oxygen atoms in total. The van der Waals surface area contributed by atoms with Crippen LogP contribution in [-0.2, 0) is 20.8 Å². The van der Waals surface area contributed by atoms with Crippen molar-refractivity contribution in [1.29, 1.82) is 0 Å². The predicted octanol–water partition coefficient (Wildman–Crippen LogP) is 1.10. The van der Waals surface area contributed by atoms with Gasteiger partial charge in [-0.2, -0.15) is 0 Å². The first-order valence-electron chi connectivity index (χ1n) is 8.86. The summed E-state index contributed by atoms with van der Waals surface area (Å²) in [6, 6.07) is 8.55. The SMILES string of the molecule is CNC(=O)[C@H](Cc1ccccc1)NC(=O)[C@H](CCCCCO)CC(=O)O. The third-order valence-corrected chi connectivity index (χ3v) is 4.16. The van der Waals surface area contributed by atoms with Crippen molar-refractivity contribution in [2.24, 2.45) is 5.92 Å². The van der Waals surface area contributed by atoms with E-state index in [1.807, 2.05) is 30.3 Å². The predicted molar refractivity (Wildman–Crippen MR) is 97.4 cm³/mol. The zero-order valence-corrected chi connectivity index (χ0v) is 15.1. The van der Waals surface area contributed by atoms with Crippen LogP contribution in [0.1, 0.15) is 37.7 Å². The van der Waals surface area contributed by atoms with Crippen LogP contribution < -0.4 is 10.6 Å². The van der Waals surface area contributed by atoms with Gasteiger partial charge >= 0.3 is 5.97 Å². The van der Waals surface area contributed by atoms with Gasteiger partial charge in [-0.3, -0.25) is 14.4 Å². The van der Waals surface area contributed by atoms with Gasteiger partial charge in [0.1, 0.15) is 6.04 Å². The van der Waals surface area contributed by atoms with Crippen molar-refractivity contribution < 1.29 is 24.6 Å². The number of rotatable bonds is 12. The monoisotopic (exact) mass is 364 g/mol. The number of hydrogen-bond donors (Lipinski definition) is 4. The van der Waals surface area contributed by atoms with Gasteiger partial charge in [-0.1, -0.05) is 43.2 Å². The van der Waals surface area contributed by atoms with Crippen molar-refractivity contribution in [1.82, 2.24) is 10.6 Å². The van der Waals surface area contributed by atoms with Crippen LogP contribution in [0.15, 0.2) is 30.3 Å². The Labute approximate surface area is 153 Å². The molecular weight excluding hydrogens is 336 g/mol. The van der Waals surface area contributed by atoms with E-state index in [0.717, 1.165) is 12.0 Å². The van der Waals surface area contributed by atoms with Gasteiger partial charge in [0.15, 0.2) is 0 Å². The van der Waals surface area contributed by atoms with E-state index >= 15 is 0 Å². The molecular formula is C19H28N2O5. The number of aliphatic hydroxyl groups excluding tert-OH is 1. The molecule has 1 aromatic rings. The minimum absolute atomic E-state index is 0.0750. The van der Waals surface area contributed by atoms with Gasteiger partial charge in [-0.15, -0.1) is 0 Å². The molecule has 0 aliphatic heterocycles. The van der Waals surface area contributed by atoms with E-state index in [1.54, 1.807) is 0 Å². The molecule has 144 valence electrons. The van der Waals surface area contributed by atoms with Gasteiger partial charge in [0.25, 0.3) is 0 Å². The van der Waals surface area contributed by atoms with E-state index < -0.39 is 23.8 Å². The Kier molecular flexibility index (Phi) is 10.0. The van der Waals surface area contributed by atoms with E-state index in [9.17, 15) is 14.4 Å². The average Bonchev–Trinajstić information content (AvgIpc) is 2.63. The fourth-order valence-corrected chi connectivity index (χ4v) is 2.74. The maximum Gasteiger partial charge on any atom is 0.304 e. The fourth-order valence-electron chi connectivity index (χ4n) is 2.74. The van der Waals surface area contributed by atoms with Crippen LogP contribution in [0.4, 0.5) is 0 Å². The number of likely N-dealkylation sites (N-methyl/N-ethyl adjacent to an activating group) is 1. The highest BCUT2D eigenvalue weighted by molar-refractivity contribution is 5.89. The molecule has 0 heterocycles. The lowest BCUT2D eigenvalue weighted by molar-refractivity contribution is -0.141. The van der Waals surface area contributed by atoms with Crippen molar-refractivity contribution >= 4 is 17.8 Å². The second kappa shape index (κ2) is 12.0. The van der Waals surface area contributed by atoms with Crippen molar-refractivity contribution in [2.45, 2.75) is 44.6 Å². The molecule has 4 N–H and O–H groups in total. The summed E-state index contributed by atoms with van der Waals surface area (Å²) in [5.74, 6) is -2.50. The number of hydrogen-bond acceptors (Lipinski definition) is 4. The Bertz CT molecular complexity index is 577. The molecule has 0 radical (unpaired) electrons. The molecule has 2 atom stereocenters. The normalized spacial score (nSPS) is 12.8. The minimum atomic E-state index is -1.05. The lowest BCUT2D eigenvalue weighted by atomic mass is 9.95. The van der Waals surface area contributed by atoms with Crippen LogP contribution in [0.3, 0.4) is 0 Å². The number of aliphatic carboxylic acids is 1. The maximum atomic E-state index is 12.6. The van der Waals surface area contributed by atoms with Gasteiger partial charge in [0, 0.05) is 26.0 Å². The summed E-state index contributed by atoms with van der Waals surface area (Å²) in [5, 5.41) is 23.1. The van der Waals surface area contributed by atoms with Crippen molar-refractivity contribution in [3.63, 3.8) is 0 Å². The molecule has 0 unspecified atom stereocenters. The van der Waals surface area contributed by atoms with Crippen molar-refractivity contribution in [3.8, 4) is 0 Å². The molecule has 0 bridgehead atoms. The summed E-state index contributed by atoms with van der Waals surface area (Å²) < 4.78 is 0. The molecule has 2 amide bonds. The highest BCUT2D eigenvalue weighted by Gasteiger charge is 2.26. The number of nitrogens with one attached hydrogen (secondary N) is 2. The minimum Gasteiger partial charge on any atom is -0.481 e. The molecule has 0 spiro atoms. The highest BCUT2D eigenvalue weighted by atomic mass is 16.4. The lowest BCUT2D eigenvalue weighted by Crippen LogP contribution is -2.49. The largest absolute Gasteiger partial charge is 0.481 e. The Balaban J connectivity index is 2.75. The van der Waals surface area contributed by atoms with Gasteiger partial charge in [0.2, 0.25) is 11.8 Å². The summed E-state index contributed by atoms with van der Waals surface area (Å²) in [4.78, 5) is 35.8. The maximum absolute atomic E-state index is 12.6. The Morgan fingerprint density at radius 2 is 1.73 bits per heavy atom.